The maximum Gasteiger partial charge on any atom is 0.256 e. The van der Waals surface area contributed by atoms with Gasteiger partial charge in [-0.3, -0.25) is 4.79 Å². The van der Waals surface area contributed by atoms with Crippen molar-refractivity contribution in [2.24, 2.45) is 11.8 Å². The van der Waals surface area contributed by atoms with Gasteiger partial charge in [-0.1, -0.05) is 6.07 Å². The van der Waals surface area contributed by atoms with Crippen LogP contribution in [0.3, 0.4) is 0 Å². The number of likely N-dealkylation sites (tertiary alicyclic amines) is 1. The largest absolute Gasteiger partial charge is 0.380 e. The molecule has 0 radical (unpaired) electrons. The molecule has 1 aliphatic carbocycles. The van der Waals surface area contributed by atoms with Gasteiger partial charge in [0.1, 0.15) is 0 Å². The molecule has 0 N–H and O–H groups in total. The fourth-order valence-corrected chi connectivity index (χ4v) is 4.19. The molecule has 1 aliphatic heterocycles. The lowest BCUT2D eigenvalue weighted by molar-refractivity contribution is -0.0209. The second kappa shape index (κ2) is 6.76. The van der Waals surface area contributed by atoms with Crippen molar-refractivity contribution in [2.45, 2.75) is 25.0 Å². The standard InChI is InChI=1S/C18H24F2N2O2/c1-21(2)15-7-11-9-22(10-12(11)8-16(15)24-3)18(23)13-5-4-6-14(19)17(13)20/h4-6,11-12,15-16H,7-10H2,1-3H3/t11-,12+,15-,16-/m1/s1. The van der Waals surface area contributed by atoms with Crippen LogP contribution >= 0.6 is 0 Å². The lowest BCUT2D eigenvalue weighted by Gasteiger charge is -2.40. The normalized spacial score (nSPS) is 29.8. The van der Waals surface area contributed by atoms with Crippen LogP contribution < -0.4 is 0 Å². The van der Waals surface area contributed by atoms with Crippen LogP contribution in [-0.2, 0) is 4.74 Å². The third-order valence-electron chi connectivity index (χ3n) is 5.52. The van der Waals surface area contributed by atoms with E-state index >= 15 is 0 Å². The van der Waals surface area contributed by atoms with E-state index in [1.165, 1.54) is 12.1 Å². The maximum absolute atomic E-state index is 13.9. The number of methoxy groups -OCH3 is 1. The highest BCUT2D eigenvalue weighted by Gasteiger charge is 2.44. The second-order valence-corrected chi connectivity index (χ2v) is 7.11. The van der Waals surface area contributed by atoms with Gasteiger partial charge in [-0.25, -0.2) is 8.78 Å². The minimum Gasteiger partial charge on any atom is -0.380 e. The van der Waals surface area contributed by atoms with Gasteiger partial charge in [0.05, 0.1) is 11.7 Å². The number of fused-ring (bicyclic) bond motifs is 1. The van der Waals surface area contributed by atoms with Crippen molar-refractivity contribution in [1.29, 1.82) is 0 Å². The number of hydrogen-bond acceptors (Lipinski definition) is 3. The molecule has 1 saturated carbocycles. The first-order chi connectivity index (χ1) is 11.4. The molecule has 1 aromatic rings. The molecule has 132 valence electrons. The van der Waals surface area contributed by atoms with Crippen LogP contribution in [0.2, 0.25) is 0 Å². The Morgan fingerprint density at radius 1 is 1.21 bits per heavy atom. The first-order valence-corrected chi connectivity index (χ1v) is 8.34. The number of nitrogens with zero attached hydrogens (tertiary/aromatic N) is 2. The number of rotatable bonds is 3. The summed E-state index contributed by atoms with van der Waals surface area (Å²) in [6.45, 7) is 1.18. The van der Waals surface area contributed by atoms with Gasteiger partial charge in [0, 0.05) is 26.2 Å². The quantitative estimate of drug-likeness (QED) is 0.848. The fraction of sp³-hybridized carbons (Fsp3) is 0.611. The molecule has 4 nitrogen and oxygen atoms in total. The molecule has 2 fully saturated rings. The zero-order valence-corrected chi connectivity index (χ0v) is 14.3. The van der Waals surface area contributed by atoms with E-state index in [0.29, 0.717) is 31.0 Å². The molecule has 2 aliphatic rings. The first kappa shape index (κ1) is 17.3. The van der Waals surface area contributed by atoms with Crippen molar-refractivity contribution < 1.29 is 18.3 Å². The Morgan fingerprint density at radius 2 is 1.88 bits per heavy atom. The smallest absolute Gasteiger partial charge is 0.256 e. The monoisotopic (exact) mass is 338 g/mol. The number of hydrogen-bond donors (Lipinski definition) is 0. The minimum atomic E-state index is -1.06. The molecule has 0 spiro atoms. The molecular weight excluding hydrogens is 314 g/mol. The van der Waals surface area contributed by atoms with Gasteiger partial charge in [-0.15, -0.1) is 0 Å². The van der Waals surface area contributed by atoms with Crippen LogP contribution in [0.25, 0.3) is 0 Å². The predicted octanol–water partition coefficient (Wildman–Crippen LogP) is 2.39. The Morgan fingerprint density at radius 3 is 2.50 bits per heavy atom. The van der Waals surface area contributed by atoms with Crippen LogP contribution in [0.15, 0.2) is 18.2 Å². The molecule has 0 aromatic heterocycles. The summed E-state index contributed by atoms with van der Waals surface area (Å²) in [7, 11) is 5.80. The molecule has 1 heterocycles. The molecule has 1 aromatic carbocycles. The molecule has 1 saturated heterocycles. The van der Waals surface area contributed by atoms with Gasteiger partial charge < -0.3 is 14.5 Å². The van der Waals surface area contributed by atoms with Crippen molar-refractivity contribution in [3.05, 3.63) is 35.4 Å². The number of benzene rings is 1. The average molecular weight is 338 g/mol. The van der Waals surface area contributed by atoms with E-state index < -0.39 is 17.5 Å². The lowest BCUT2D eigenvalue weighted by Crippen LogP contribution is -2.47. The fourth-order valence-electron chi connectivity index (χ4n) is 4.19. The van der Waals surface area contributed by atoms with Gasteiger partial charge in [-0.2, -0.15) is 0 Å². The summed E-state index contributed by atoms with van der Waals surface area (Å²) in [5.41, 5.74) is -0.180. The average Bonchev–Trinajstić information content (AvgIpc) is 2.98. The second-order valence-electron chi connectivity index (χ2n) is 7.11. The molecule has 0 unspecified atom stereocenters. The van der Waals surface area contributed by atoms with E-state index in [2.05, 4.69) is 4.90 Å². The summed E-state index contributed by atoms with van der Waals surface area (Å²) in [6, 6.07) is 4.07. The molecule has 24 heavy (non-hydrogen) atoms. The van der Waals surface area contributed by atoms with Crippen molar-refractivity contribution in [3.8, 4) is 0 Å². The highest BCUT2D eigenvalue weighted by atomic mass is 19.2. The van der Waals surface area contributed by atoms with Gasteiger partial charge in [0.25, 0.3) is 5.91 Å². The maximum atomic E-state index is 13.9. The number of amides is 1. The number of carbonyl (C=O) groups excluding carboxylic acids is 1. The molecular formula is C18H24F2N2O2. The van der Waals surface area contributed by atoms with Crippen molar-refractivity contribution in [2.75, 3.05) is 34.3 Å². The summed E-state index contributed by atoms with van der Waals surface area (Å²) in [6.07, 6.45) is 1.98. The molecule has 1 amide bonds. The number of ether oxygens (including phenoxy) is 1. The Hall–Kier alpha value is -1.53. The summed E-state index contributed by atoms with van der Waals surface area (Å²) in [5.74, 6) is -1.73. The zero-order chi connectivity index (χ0) is 17.4. The first-order valence-electron chi connectivity index (χ1n) is 8.34. The van der Waals surface area contributed by atoms with E-state index in [1.807, 2.05) is 14.1 Å². The predicted molar refractivity (Wildman–Crippen MR) is 86.7 cm³/mol. The van der Waals surface area contributed by atoms with Crippen LogP contribution in [0.4, 0.5) is 8.78 Å². The van der Waals surface area contributed by atoms with E-state index in [9.17, 15) is 13.6 Å². The van der Waals surface area contributed by atoms with Gasteiger partial charge >= 0.3 is 0 Å². The van der Waals surface area contributed by atoms with Gasteiger partial charge in [0.2, 0.25) is 0 Å². The molecule has 6 heteroatoms. The van der Waals surface area contributed by atoms with Gasteiger partial charge in [-0.05, 0) is 50.9 Å². The third-order valence-corrected chi connectivity index (χ3v) is 5.52. The minimum absolute atomic E-state index is 0.141. The molecule has 4 atom stereocenters. The summed E-state index contributed by atoms with van der Waals surface area (Å²) < 4.78 is 32.9. The van der Waals surface area contributed by atoms with Crippen molar-refractivity contribution >= 4 is 5.91 Å². The SMILES string of the molecule is CO[C@@H]1C[C@H]2CN(C(=O)c3cccc(F)c3F)C[C@H]2C[C@H]1N(C)C. The van der Waals surface area contributed by atoms with Crippen molar-refractivity contribution in [1.82, 2.24) is 9.80 Å². The Kier molecular flexibility index (Phi) is 4.88. The highest BCUT2D eigenvalue weighted by Crippen LogP contribution is 2.39. The lowest BCUT2D eigenvalue weighted by atomic mass is 9.77. The van der Waals surface area contributed by atoms with E-state index in [0.717, 1.165) is 18.9 Å². The van der Waals surface area contributed by atoms with E-state index in [-0.39, 0.29) is 11.7 Å². The van der Waals surface area contributed by atoms with Crippen LogP contribution in [0.1, 0.15) is 23.2 Å². The van der Waals surface area contributed by atoms with Gasteiger partial charge in [0.15, 0.2) is 11.6 Å². The van der Waals surface area contributed by atoms with Crippen LogP contribution in [0.5, 0.6) is 0 Å². The zero-order valence-electron chi connectivity index (χ0n) is 14.3. The Bertz CT molecular complexity index is 623. The number of carbonyl (C=O) groups is 1. The summed E-state index contributed by atoms with van der Waals surface area (Å²) in [4.78, 5) is 16.4. The number of likely N-dealkylation sites (N-methyl/N-ethyl adjacent to an activating group) is 1. The summed E-state index contributed by atoms with van der Waals surface area (Å²) in [5, 5.41) is 0. The molecule has 0 bridgehead atoms. The highest BCUT2D eigenvalue weighted by molar-refractivity contribution is 5.94. The van der Waals surface area contributed by atoms with E-state index in [4.69, 9.17) is 4.74 Å². The van der Waals surface area contributed by atoms with Crippen LogP contribution in [0, 0.1) is 23.5 Å². The summed E-state index contributed by atoms with van der Waals surface area (Å²) >= 11 is 0. The van der Waals surface area contributed by atoms with Crippen LogP contribution in [-0.4, -0.2) is 62.1 Å². The number of halogens is 2. The van der Waals surface area contributed by atoms with Crippen molar-refractivity contribution in [3.63, 3.8) is 0 Å². The topological polar surface area (TPSA) is 32.8 Å². The Balaban J connectivity index is 1.75. The molecule has 3 rings (SSSR count). The van der Waals surface area contributed by atoms with E-state index in [1.54, 1.807) is 12.0 Å². The third kappa shape index (κ3) is 3.05. The Labute approximate surface area is 141 Å².